The lowest BCUT2D eigenvalue weighted by molar-refractivity contribution is 0.209. The van der Waals surface area contributed by atoms with Crippen LogP contribution in [0.25, 0.3) is 5.69 Å². The summed E-state index contributed by atoms with van der Waals surface area (Å²) in [7, 11) is 0. The van der Waals surface area contributed by atoms with Gasteiger partial charge in [-0.1, -0.05) is 48.5 Å². The van der Waals surface area contributed by atoms with Crippen molar-refractivity contribution < 1.29 is 14.6 Å². The summed E-state index contributed by atoms with van der Waals surface area (Å²) in [6.45, 7) is 1.82. The summed E-state index contributed by atoms with van der Waals surface area (Å²) in [5, 5.41) is 9.12. The summed E-state index contributed by atoms with van der Waals surface area (Å²) in [6, 6.07) is 27.3. The zero-order valence-corrected chi connectivity index (χ0v) is 18.2. The van der Waals surface area contributed by atoms with Crippen LogP contribution in [0, 0.1) is 6.92 Å². The fourth-order valence-electron chi connectivity index (χ4n) is 3.62. The van der Waals surface area contributed by atoms with Crippen LogP contribution < -0.4 is 15.1 Å². The molecule has 4 rings (SSSR count). The van der Waals surface area contributed by atoms with Gasteiger partial charge in [0, 0.05) is 24.6 Å². The van der Waals surface area contributed by atoms with Gasteiger partial charge in [-0.3, -0.25) is 4.79 Å². The largest absolute Gasteiger partial charge is 0.424 e. The second-order valence-corrected chi connectivity index (χ2v) is 7.48. The lowest BCUT2D eigenvalue weighted by atomic mass is 10.1. The first-order chi connectivity index (χ1) is 16.1. The summed E-state index contributed by atoms with van der Waals surface area (Å²) in [4.78, 5) is 27.4. The maximum Gasteiger partial charge on any atom is 0.424 e. The summed E-state index contributed by atoms with van der Waals surface area (Å²) in [5.74, 6) is -0.0289. The quantitative estimate of drug-likeness (QED) is 0.457. The summed E-state index contributed by atoms with van der Waals surface area (Å²) >= 11 is 0. The number of para-hydroxylation sites is 2. The maximum atomic E-state index is 13.3. The van der Waals surface area contributed by atoms with E-state index in [0.29, 0.717) is 23.5 Å². The van der Waals surface area contributed by atoms with Gasteiger partial charge in [0.1, 0.15) is 0 Å². The molecule has 0 saturated carbocycles. The number of hydrogen-bond donors (Lipinski definition) is 1. The van der Waals surface area contributed by atoms with Gasteiger partial charge in [-0.05, 0) is 55.3 Å². The highest BCUT2D eigenvalue weighted by Gasteiger charge is 2.23. The van der Waals surface area contributed by atoms with E-state index >= 15 is 0 Å². The SMILES string of the molecule is Cc1c(OC(=O)N(c2ccccc2)c2ccccc2)c(=O)ccn1-c1ccc(CCO)cc1. The van der Waals surface area contributed by atoms with Crippen molar-refractivity contribution in [1.29, 1.82) is 0 Å². The molecule has 0 fully saturated rings. The molecule has 6 heteroatoms. The van der Waals surface area contributed by atoms with Gasteiger partial charge in [0.15, 0.2) is 5.75 Å². The van der Waals surface area contributed by atoms with Crippen LogP contribution in [0.4, 0.5) is 16.2 Å². The molecule has 1 amide bonds. The molecule has 3 aromatic carbocycles. The number of nitrogens with zero attached hydrogens (tertiary/aromatic N) is 2. The molecule has 0 bridgehead atoms. The van der Waals surface area contributed by atoms with Crippen LogP contribution >= 0.6 is 0 Å². The molecule has 0 aliphatic heterocycles. The standard InChI is InChI=1S/C27H24N2O4/c1-20-26(25(31)16-18-28(20)22-14-12-21(13-15-22)17-19-30)33-27(32)29(23-8-4-2-5-9-23)24-10-6-3-7-11-24/h2-16,18,30H,17,19H2,1H3. The van der Waals surface area contributed by atoms with E-state index in [9.17, 15) is 9.59 Å². The molecule has 0 atom stereocenters. The molecule has 0 radical (unpaired) electrons. The van der Waals surface area contributed by atoms with E-state index in [2.05, 4.69) is 0 Å². The Morgan fingerprint density at radius 2 is 1.45 bits per heavy atom. The Labute approximate surface area is 191 Å². The predicted molar refractivity (Wildman–Crippen MR) is 129 cm³/mol. The number of aromatic nitrogens is 1. The number of ether oxygens (including phenoxy) is 1. The van der Waals surface area contributed by atoms with Crippen LogP contribution in [-0.2, 0) is 6.42 Å². The number of carbonyl (C=O) groups is 1. The smallest absolute Gasteiger partial charge is 0.404 e. The highest BCUT2D eigenvalue weighted by molar-refractivity contribution is 5.97. The zero-order valence-electron chi connectivity index (χ0n) is 18.2. The Morgan fingerprint density at radius 1 is 0.879 bits per heavy atom. The van der Waals surface area contributed by atoms with Crippen molar-refractivity contribution in [1.82, 2.24) is 4.57 Å². The molecule has 0 unspecified atom stereocenters. The van der Waals surface area contributed by atoms with E-state index in [4.69, 9.17) is 9.84 Å². The van der Waals surface area contributed by atoms with Crippen molar-refractivity contribution >= 4 is 17.5 Å². The highest BCUT2D eigenvalue weighted by Crippen LogP contribution is 2.27. The van der Waals surface area contributed by atoms with Gasteiger partial charge in [-0.25, -0.2) is 9.69 Å². The van der Waals surface area contributed by atoms with Crippen molar-refractivity contribution in [3.63, 3.8) is 0 Å². The number of anilines is 2. The third-order valence-electron chi connectivity index (χ3n) is 5.30. The number of aliphatic hydroxyl groups excluding tert-OH is 1. The number of benzene rings is 3. The zero-order chi connectivity index (χ0) is 23.2. The van der Waals surface area contributed by atoms with Gasteiger partial charge in [-0.15, -0.1) is 0 Å². The molecule has 1 heterocycles. The number of hydrogen-bond acceptors (Lipinski definition) is 4. The average Bonchev–Trinajstić information content (AvgIpc) is 2.84. The first-order valence-corrected chi connectivity index (χ1v) is 10.6. The number of carbonyl (C=O) groups excluding carboxylic acids is 1. The molecular weight excluding hydrogens is 416 g/mol. The third kappa shape index (κ3) is 4.86. The van der Waals surface area contributed by atoms with Crippen LogP contribution in [0.2, 0.25) is 0 Å². The summed E-state index contributed by atoms with van der Waals surface area (Å²) < 4.78 is 7.49. The van der Waals surface area contributed by atoms with Crippen LogP contribution in [0.3, 0.4) is 0 Å². The van der Waals surface area contributed by atoms with Crippen molar-refractivity contribution in [3.8, 4) is 11.4 Å². The molecule has 0 aliphatic rings. The Bertz CT molecular complexity index is 1240. The normalized spacial score (nSPS) is 10.6. The number of pyridine rings is 1. The van der Waals surface area contributed by atoms with Crippen molar-refractivity contribution in [2.45, 2.75) is 13.3 Å². The minimum atomic E-state index is -0.677. The number of aliphatic hydroxyl groups is 1. The molecule has 4 aromatic rings. The second-order valence-electron chi connectivity index (χ2n) is 7.48. The van der Waals surface area contributed by atoms with Crippen molar-refractivity contribution in [2.24, 2.45) is 0 Å². The van der Waals surface area contributed by atoms with E-state index < -0.39 is 6.09 Å². The van der Waals surface area contributed by atoms with E-state index in [1.807, 2.05) is 60.7 Å². The molecule has 0 aliphatic carbocycles. The van der Waals surface area contributed by atoms with Crippen molar-refractivity contribution in [3.05, 3.63) is 119 Å². The molecule has 33 heavy (non-hydrogen) atoms. The Kier molecular flexibility index (Phi) is 6.66. The molecule has 166 valence electrons. The molecular formula is C27H24N2O4. The van der Waals surface area contributed by atoms with Gasteiger partial charge >= 0.3 is 6.09 Å². The Hall–Kier alpha value is -4.16. The highest BCUT2D eigenvalue weighted by atomic mass is 16.6. The van der Waals surface area contributed by atoms with Crippen molar-refractivity contribution in [2.75, 3.05) is 11.5 Å². The molecule has 1 N–H and O–H groups in total. The van der Waals surface area contributed by atoms with E-state index in [1.54, 1.807) is 42.0 Å². The number of rotatable bonds is 6. The molecule has 6 nitrogen and oxygen atoms in total. The van der Waals surface area contributed by atoms with E-state index in [1.165, 1.54) is 11.0 Å². The fourth-order valence-corrected chi connectivity index (χ4v) is 3.62. The monoisotopic (exact) mass is 440 g/mol. The Morgan fingerprint density at radius 3 is 2.00 bits per heavy atom. The lowest BCUT2D eigenvalue weighted by Gasteiger charge is -2.23. The van der Waals surface area contributed by atoms with Gasteiger partial charge < -0.3 is 14.4 Å². The first kappa shape index (κ1) is 22.0. The summed E-state index contributed by atoms with van der Waals surface area (Å²) in [5.41, 5.74) is 3.20. The fraction of sp³-hybridized carbons (Fsp3) is 0.111. The van der Waals surface area contributed by atoms with Gasteiger partial charge in [0.2, 0.25) is 5.43 Å². The number of amides is 1. The summed E-state index contributed by atoms with van der Waals surface area (Å²) in [6.07, 6.45) is 1.55. The van der Waals surface area contributed by atoms with Gasteiger partial charge in [0.05, 0.1) is 17.1 Å². The minimum Gasteiger partial charge on any atom is -0.404 e. The molecule has 1 aromatic heterocycles. The first-order valence-electron chi connectivity index (χ1n) is 10.6. The van der Waals surface area contributed by atoms with E-state index in [0.717, 1.165) is 11.3 Å². The van der Waals surface area contributed by atoms with Crippen LogP contribution in [-0.4, -0.2) is 22.4 Å². The van der Waals surface area contributed by atoms with Gasteiger partial charge in [-0.2, -0.15) is 0 Å². The molecule has 0 saturated heterocycles. The van der Waals surface area contributed by atoms with E-state index in [-0.39, 0.29) is 17.8 Å². The predicted octanol–water partition coefficient (Wildman–Crippen LogP) is 5.02. The topological polar surface area (TPSA) is 71.8 Å². The third-order valence-corrected chi connectivity index (χ3v) is 5.30. The maximum absolute atomic E-state index is 13.3. The lowest BCUT2D eigenvalue weighted by Crippen LogP contribution is -2.31. The second kappa shape index (κ2) is 9.97. The minimum absolute atomic E-state index is 0.0289. The van der Waals surface area contributed by atoms with Crippen LogP contribution in [0.1, 0.15) is 11.3 Å². The van der Waals surface area contributed by atoms with Crippen LogP contribution in [0.15, 0.2) is 102 Å². The van der Waals surface area contributed by atoms with Gasteiger partial charge in [0.25, 0.3) is 0 Å². The Balaban J connectivity index is 1.69. The average molecular weight is 440 g/mol. The molecule has 0 spiro atoms. The van der Waals surface area contributed by atoms with Crippen LogP contribution in [0.5, 0.6) is 5.75 Å².